The van der Waals surface area contributed by atoms with Gasteiger partial charge in [0.1, 0.15) is 0 Å². The van der Waals surface area contributed by atoms with Crippen LogP contribution in [0.25, 0.3) is 53.8 Å². The lowest BCUT2D eigenvalue weighted by Crippen LogP contribution is -1.89. The van der Waals surface area contributed by atoms with E-state index in [1.807, 2.05) is 12.1 Å². The predicted octanol–water partition coefficient (Wildman–Crippen LogP) is 8.50. The topological polar surface area (TPSA) is 25.8 Å². The molecule has 0 aliphatic carbocycles. The van der Waals surface area contributed by atoms with Gasteiger partial charge in [-0.1, -0.05) is 91.0 Å². The van der Waals surface area contributed by atoms with Crippen LogP contribution in [0.15, 0.2) is 103 Å². The van der Waals surface area contributed by atoms with E-state index in [1.54, 1.807) is 11.3 Å². The summed E-state index contributed by atoms with van der Waals surface area (Å²) in [6.45, 7) is 0. The van der Waals surface area contributed by atoms with E-state index in [0.717, 1.165) is 26.9 Å². The van der Waals surface area contributed by atoms with Crippen LogP contribution in [0.4, 0.5) is 0 Å². The predicted molar refractivity (Wildman–Crippen MR) is 136 cm³/mol. The lowest BCUT2D eigenvalue weighted by Gasteiger charge is -2.06. The van der Waals surface area contributed by atoms with Crippen LogP contribution in [0.2, 0.25) is 5.28 Å². The standard InChI is InChI=1S/C28H17ClN2S/c29-28-30-25(21-13-11-20(12-14-21)18-7-3-1-4-8-18)27-26(31-28)23-17-22(15-16-24(23)32-27)19-9-5-2-6-10-19/h1-17H. The van der Waals surface area contributed by atoms with Gasteiger partial charge in [-0.3, -0.25) is 0 Å². The lowest BCUT2D eigenvalue weighted by atomic mass is 10.0. The van der Waals surface area contributed by atoms with Crippen molar-refractivity contribution in [3.63, 3.8) is 0 Å². The summed E-state index contributed by atoms with van der Waals surface area (Å²) < 4.78 is 2.24. The number of rotatable bonds is 3. The van der Waals surface area contributed by atoms with Gasteiger partial charge < -0.3 is 0 Å². The average molecular weight is 449 g/mol. The van der Waals surface area contributed by atoms with Gasteiger partial charge in [0.15, 0.2) is 0 Å². The second-order valence-electron chi connectivity index (χ2n) is 7.64. The van der Waals surface area contributed by atoms with E-state index in [2.05, 4.69) is 101 Å². The summed E-state index contributed by atoms with van der Waals surface area (Å²) in [6, 6.07) is 35.8. The fraction of sp³-hybridized carbons (Fsp3) is 0. The molecule has 0 saturated heterocycles. The van der Waals surface area contributed by atoms with Crippen LogP contribution in [0.1, 0.15) is 0 Å². The molecule has 0 aliphatic heterocycles. The highest BCUT2D eigenvalue weighted by Crippen LogP contribution is 2.40. The Hall–Kier alpha value is -3.53. The molecule has 2 aromatic heterocycles. The Labute approximate surface area is 194 Å². The number of fused-ring (bicyclic) bond motifs is 3. The fourth-order valence-electron chi connectivity index (χ4n) is 4.07. The number of hydrogen-bond donors (Lipinski definition) is 0. The molecule has 0 atom stereocenters. The van der Waals surface area contributed by atoms with Crippen molar-refractivity contribution >= 4 is 43.2 Å². The zero-order valence-corrected chi connectivity index (χ0v) is 18.6. The Kier molecular flexibility index (Phi) is 4.71. The molecule has 32 heavy (non-hydrogen) atoms. The number of nitrogens with zero attached hydrogens (tertiary/aromatic N) is 2. The zero-order chi connectivity index (χ0) is 21.5. The third-order valence-electron chi connectivity index (χ3n) is 5.66. The number of thiophene rings is 1. The molecule has 0 radical (unpaired) electrons. The molecular weight excluding hydrogens is 432 g/mol. The van der Waals surface area contributed by atoms with E-state index in [-0.39, 0.29) is 5.28 Å². The molecule has 0 unspecified atom stereocenters. The summed E-state index contributed by atoms with van der Waals surface area (Å²) in [4.78, 5) is 9.23. The van der Waals surface area contributed by atoms with Crippen molar-refractivity contribution in [3.8, 4) is 33.5 Å². The second-order valence-corrected chi connectivity index (χ2v) is 9.03. The molecular formula is C28H17ClN2S. The number of aromatic nitrogens is 2. The number of benzene rings is 4. The van der Waals surface area contributed by atoms with Crippen molar-refractivity contribution in [2.24, 2.45) is 0 Å². The maximum absolute atomic E-state index is 6.40. The van der Waals surface area contributed by atoms with E-state index < -0.39 is 0 Å². The highest BCUT2D eigenvalue weighted by atomic mass is 35.5. The van der Waals surface area contributed by atoms with Crippen LogP contribution in [0.3, 0.4) is 0 Å². The van der Waals surface area contributed by atoms with E-state index in [0.29, 0.717) is 0 Å². The smallest absolute Gasteiger partial charge is 0.216 e. The van der Waals surface area contributed by atoms with Crippen LogP contribution in [0.5, 0.6) is 0 Å². The van der Waals surface area contributed by atoms with Gasteiger partial charge in [-0.05, 0) is 46.0 Å². The van der Waals surface area contributed by atoms with Crippen molar-refractivity contribution in [2.45, 2.75) is 0 Å². The Morgan fingerprint density at radius 3 is 1.81 bits per heavy atom. The molecule has 0 bridgehead atoms. The molecule has 4 heteroatoms. The van der Waals surface area contributed by atoms with Crippen LogP contribution >= 0.6 is 22.9 Å². The Morgan fingerprint density at radius 1 is 0.562 bits per heavy atom. The molecule has 0 amide bonds. The van der Waals surface area contributed by atoms with Crippen LogP contribution in [-0.4, -0.2) is 9.97 Å². The van der Waals surface area contributed by atoms with Crippen molar-refractivity contribution in [1.29, 1.82) is 0 Å². The summed E-state index contributed by atoms with van der Waals surface area (Å²) in [5.74, 6) is 0. The lowest BCUT2D eigenvalue weighted by molar-refractivity contribution is 1.24. The molecule has 2 nitrogen and oxygen atoms in total. The largest absolute Gasteiger partial charge is 0.223 e. The number of hydrogen-bond acceptors (Lipinski definition) is 3. The summed E-state index contributed by atoms with van der Waals surface area (Å²) in [6.07, 6.45) is 0. The molecule has 152 valence electrons. The average Bonchev–Trinajstić information content (AvgIpc) is 3.22. The maximum atomic E-state index is 6.40. The SMILES string of the molecule is Clc1nc(-c2ccc(-c3ccccc3)cc2)c2sc3ccc(-c4ccccc4)cc3c2n1. The fourth-order valence-corrected chi connectivity index (χ4v) is 5.38. The summed E-state index contributed by atoms with van der Waals surface area (Å²) in [5.41, 5.74) is 7.54. The first-order valence-electron chi connectivity index (χ1n) is 10.4. The highest BCUT2D eigenvalue weighted by Gasteiger charge is 2.16. The van der Waals surface area contributed by atoms with Gasteiger partial charge in [-0.25, -0.2) is 9.97 Å². The third-order valence-corrected chi connectivity index (χ3v) is 6.99. The monoisotopic (exact) mass is 448 g/mol. The highest BCUT2D eigenvalue weighted by molar-refractivity contribution is 7.26. The third kappa shape index (κ3) is 3.36. The minimum Gasteiger partial charge on any atom is -0.216 e. The van der Waals surface area contributed by atoms with Gasteiger partial charge in [-0.15, -0.1) is 11.3 Å². The molecule has 4 aromatic carbocycles. The molecule has 0 aliphatic rings. The zero-order valence-electron chi connectivity index (χ0n) is 17.0. The van der Waals surface area contributed by atoms with Gasteiger partial charge in [0.25, 0.3) is 0 Å². The van der Waals surface area contributed by atoms with Crippen molar-refractivity contribution in [2.75, 3.05) is 0 Å². The van der Waals surface area contributed by atoms with Crippen LogP contribution < -0.4 is 0 Å². The maximum Gasteiger partial charge on any atom is 0.223 e. The summed E-state index contributed by atoms with van der Waals surface area (Å²) in [5, 5.41) is 1.38. The van der Waals surface area contributed by atoms with E-state index in [1.165, 1.54) is 27.0 Å². The molecule has 2 heterocycles. The molecule has 0 fully saturated rings. The van der Waals surface area contributed by atoms with Crippen molar-refractivity contribution in [3.05, 3.63) is 108 Å². The molecule has 6 aromatic rings. The van der Waals surface area contributed by atoms with Crippen LogP contribution in [-0.2, 0) is 0 Å². The second kappa shape index (κ2) is 7.86. The first kappa shape index (κ1) is 19.2. The van der Waals surface area contributed by atoms with E-state index in [9.17, 15) is 0 Å². The summed E-state index contributed by atoms with van der Waals surface area (Å²) in [7, 11) is 0. The minimum atomic E-state index is 0.268. The van der Waals surface area contributed by atoms with Crippen molar-refractivity contribution in [1.82, 2.24) is 9.97 Å². The van der Waals surface area contributed by atoms with Gasteiger partial charge in [0, 0.05) is 15.6 Å². The van der Waals surface area contributed by atoms with Gasteiger partial charge in [-0.2, -0.15) is 0 Å². The summed E-state index contributed by atoms with van der Waals surface area (Å²) >= 11 is 8.11. The molecule has 6 rings (SSSR count). The minimum absolute atomic E-state index is 0.268. The number of halogens is 1. The van der Waals surface area contributed by atoms with Gasteiger partial charge in [0.05, 0.1) is 15.9 Å². The van der Waals surface area contributed by atoms with Crippen LogP contribution in [0, 0.1) is 0 Å². The molecule has 0 saturated carbocycles. The van der Waals surface area contributed by atoms with E-state index in [4.69, 9.17) is 11.6 Å². The van der Waals surface area contributed by atoms with Crippen molar-refractivity contribution < 1.29 is 0 Å². The first-order chi connectivity index (χ1) is 15.8. The van der Waals surface area contributed by atoms with Gasteiger partial charge >= 0.3 is 0 Å². The molecule has 0 spiro atoms. The van der Waals surface area contributed by atoms with Gasteiger partial charge in [0.2, 0.25) is 5.28 Å². The normalized spacial score (nSPS) is 11.3. The Balaban J connectivity index is 1.50. The molecule has 0 N–H and O–H groups in total. The Morgan fingerprint density at radius 2 is 1.12 bits per heavy atom. The Bertz CT molecular complexity index is 1560. The first-order valence-corrected chi connectivity index (χ1v) is 11.6. The quantitative estimate of drug-likeness (QED) is 0.253. The van der Waals surface area contributed by atoms with E-state index >= 15 is 0 Å².